The third kappa shape index (κ3) is 2.03. The van der Waals surface area contributed by atoms with Gasteiger partial charge in [-0.05, 0) is 43.7 Å². The summed E-state index contributed by atoms with van der Waals surface area (Å²) in [6.45, 7) is 0. The van der Waals surface area contributed by atoms with Crippen molar-refractivity contribution in [2.75, 3.05) is 0 Å². The molecule has 1 aliphatic rings. The van der Waals surface area contributed by atoms with E-state index in [1.54, 1.807) is 0 Å². The van der Waals surface area contributed by atoms with E-state index in [2.05, 4.69) is 27.4 Å². The number of aryl methyl sites for hydroxylation is 2. The molecule has 0 atom stereocenters. The number of hydrogen-bond acceptors (Lipinski definition) is 2. The first-order valence-electron chi connectivity index (χ1n) is 6.97. The van der Waals surface area contributed by atoms with Crippen molar-refractivity contribution in [1.82, 2.24) is 9.38 Å². The highest BCUT2D eigenvalue weighted by Gasteiger charge is 2.17. The number of nitrogens with zero attached hydrogens (tertiary/aromatic N) is 2. The summed E-state index contributed by atoms with van der Waals surface area (Å²) in [5.74, 6) is 6.34. The van der Waals surface area contributed by atoms with Gasteiger partial charge in [-0.3, -0.25) is 4.40 Å². The first-order valence-corrected chi connectivity index (χ1v) is 7.78. The molecular formula is C17H14N2S. The lowest BCUT2D eigenvalue weighted by molar-refractivity contribution is 0.674. The van der Waals surface area contributed by atoms with E-state index in [-0.39, 0.29) is 0 Å². The van der Waals surface area contributed by atoms with Crippen LogP contribution in [0.2, 0.25) is 0 Å². The quantitative estimate of drug-likeness (QED) is 0.573. The summed E-state index contributed by atoms with van der Waals surface area (Å²) in [7, 11) is 0. The van der Waals surface area contributed by atoms with Gasteiger partial charge in [0.1, 0.15) is 5.69 Å². The number of hydrogen-bond donors (Lipinski definition) is 0. The maximum absolute atomic E-state index is 4.64. The zero-order valence-corrected chi connectivity index (χ0v) is 11.9. The molecule has 0 unspecified atom stereocenters. The van der Waals surface area contributed by atoms with Crippen LogP contribution in [-0.4, -0.2) is 9.38 Å². The number of thiazole rings is 1. The zero-order chi connectivity index (χ0) is 13.4. The molecule has 0 bridgehead atoms. The molecule has 0 fully saturated rings. The van der Waals surface area contributed by atoms with E-state index >= 15 is 0 Å². The average Bonchev–Trinajstić information content (AvgIpc) is 3.03. The van der Waals surface area contributed by atoms with Crippen LogP contribution in [0, 0.1) is 11.8 Å². The fourth-order valence-corrected chi connectivity index (χ4v) is 3.87. The van der Waals surface area contributed by atoms with Crippen LogP contribution in [0.25, 0.3) is 4.96 Å². The minimum atomic E-state index is 0.869. The number of aromatic nitrogens is 2. The van der Waals surface area contributed by atoms with Crippen LogP contribution in [0.15, 0.2) is 36.5 Å². The van der Waals surface area contributed by atoms with Crippen molar-refractivity contribution in [3.63, 3.8) is 0 Å². The average molecular weight is 278 g/mol. The van der Waals surface area contributed by atoms with Crippen LogP contribution in [0.3, 0.4) is 0 Å². The lowest BCUT2D eigenvalue weighted by atomic mass is 10.0. The SMILES string of the molecule is C(#Cc1cn2c3c(sc2n1)CCCC3)c1ccccc1. The molecule has 0 N–H and O–H groups in total. The molecular weight excluding hydrogens is 264 g/mol. The van der Waals surface area contributed by atoms with Crippen LogP contribution in [0.5, 0.6) is 0 Å². The fraction of sp³-hybridized carbons (Fsp3) is 0.235. The Morgan fingerprint density at radius 1 is 1.05 bits per heavy atom. The number of fused-ring (bicyclic) bond motifs is 3. The van der Waals surface area contributed by atoms with Gasteiger partial charge in [0.05, 0.1) is 0 Å². The third-order valence-electron chi connectivity index (χ3n) is 3.68. The summed E-state index contributed by atoms with van der Waals surface area (Å²) in [5, 5.41) is 0. The van der Waals surface area contributed by atoms with Gasteiger partial charge in [0.2, 0.25) is 0 Å². The molecule has 2 heterocycles. The summed E-state index contributed by atoms with van der Waals surface area (Å²) in [4.78, 5) is 7.25. The van der Waals surface area contributed by atoms with Gasteiger partial charge in [0.25, 0.3) is 0 Å². The van der Waals surface area contributed by atoms with Gasteiger partial charge in [-0.2, -0.15) is 0 Å². The summed E-state index contributed by atoms with van der Waals surface area (Å²) in [5.41, 5.74) is 3.36. The van der Waals surface area contributed by atoms with Crippen molar-refractivity contribution in [3.05, 3.63) is 58.4 Å². The highest BCUT2D eigenvalue weighted by atomic mass is 32.1. The van der Waals surface area contributed by atoms with Crippen molar-refractivity contribution in [2.24, 2.45) is 0 Å². The number of rotatable bonds is 0. The maximum Gasteiger partial charge on any atom is 0.195 e. The first kappa shape index (κ1) is 11.7. The van der Waals surface area contributed by atoms with E-state index in [0.717, 1.165) is 16.2 Å². The molecule has 1 aliphatic carbocycles. The van der Waals surface area contributed by atoms with E-state index in [0.29, 0.717) is 0 Å². The summed E-state index contributed by atoms with van der Waals surface area (Å²) in [6.07, 6.45) is 7.09. The predicted molar refractivity (Wildman–Crippen MR) is 82.1 cm³/mol. The Kier molecular flexibility index (Phi) is 2.82. The first-order chi connectivity index (χ1) is 9.90. The third-order valence-corrected chi connectivity index (χ3v) is 4.83. The van der Waals surface area contributed by atoms with Crippen LogP contribution < -0.4 is 0 Å². The van der Waals surface area contributed by atoms with E-state index < -0.39 is 0 Å². The normalized spacial score (nSPS) is 13.8. The van der Waals surface area contributed by atoms with Gasteiger partial charge in [-0.25, -0.2) is 4.98 Å². The Balaban J connectivity index is 1.72. The molecule has 0 spiro atoms. The highest BCUT2D eigenvalue weighted by molar-refractivity contribution is 7.17. The second kappa shape index (κ2) is 4.81. The fourth-order valence-electron chi connectivity index (χ4n) is 2.68. The largest absolute Gasteiger partial charge is 0.293 e. The molecule has 4 rings (SSSR count). The smallest absolute Gasteiger partial charge is 0.195 e. The van der Waals surface area contributed by atoms with E-state index in [1.807, 2.05) is 41.7 Å². The molecule has 0 radical (unpaired) electrons. The Labute approximate surface area is 122 Å². The van der Waals surface area contributed by atoms with Crippen LogP contribution in [-0.2, 0) is 12.8 Å². The minimum absolute atomic E-state index is 0.869. The molecule has 3 heteroatoms. The Morgan fingerprint density at radius 2 is 1.90 bits per heavy atom. The lowest BCUT2D eigenvalue weighted by Crippen LogP contribution is -2.01. The molecule has 20 heavy (non-hydrogen) atoms. The van der Waals surface area contributed by atoms with E-state index in [4.69, 9.17) is 0 Å². The maximum atomic E-state index is 4.64. The summed E-state index contributed by atoms with van der Waals surface area (Å²) >= 11 is 1.83. The number of benzene rings is 1. The standard InChI is InChI=1S/C17H14N2S/c1-2-6-13(7-3-1)10-11-14-12-19-15-8-4-5-9-16(15)20-17(19)18-14/h1-3,6-7,12H,4-5,8-9H2. The molecule has 1 aromatic carbocycles. The molecule has 0 amide bonds. The van der Waals surface area contributed by atoms with Crippen molar-refractivity contribution in [3.8, 4) is 11.8 Å². The summed E-state index contributed by atoms with van der Waals surface area (Å²) < 4.78 is 2.24. The van der Waals surface area contributed by atoms with Crippen LogP contribution in [0.1, 0.15) is 34.7 Å². The Hall–Kier alpha value is -2.05. The van der Waals surface area contributed by atoms with Crippen molar-refractivity contribution < 1.29 is 0 Å². The van der Waals surface area contributed by atoms with Gasteiger partial charge < -0.3 is 0 Å². The monoisotopic (exact) mass is 278 g/mol. The van der Waals surface area contributed by atoms with Crippen LogP contribution in [0.4, 0.5) is 0 Å². The van der Waals surface area contributed by atoms with Gasteiger partial charge >= 0.3 is 0 Å². The Bertz CT molecular complexity index is 815. The molecule has 0 saturated heterocycles. The van der Waals surface area contributed by atoms with Gasteiger partial charge in [0, 0.05) is 22.3 Å². The topological polar surface area (TPSA) is 17.3 Å². The predicted octanol–water partition coefficient (Wildman–Crippen LogP) is 3.67. The molecule has 0 aliphatic heterocycles. The van der Waals surface area contributed by atoms with Crippen molar-refractivity contribution in [2.45, 2.75) is 25.7 Å². The second-order valence-electron chi connectivity index (χ2n) is 5.07. The Morgan fingerprint density at radius 3 is 2.80 bits per heavy atom. The molecule has 3 aromatic rings. The van der Waals surface area contributed by atoms with E-state index in [1.165, 1.54) is 36.3 Å². The van der Waals surface area contributed by atoms with Gasteiger partial charge in [-0.1, -0.05) is 24.1 Å². The zero-order valence-electron chi connectivity index (χ0n) is 11.1. The van der Waals surface area contributed by atoms with Gasteiger partial charge in [-0.15, -0.1) is 11.3 Å². The van der Waals surface area contributed by atoms with Crippen molar-refractivity contribution in [1.29, 1.82) is 0 Å². The molecule has 98 valence electrons. The minimum Gasteiger partial charge on any atom is -0.293 e. The van der Waals surface area contributed by atoms with Crippen LogP contribution >= 0.6 is 11.3 Å². The highest BCUT2D eigenvalue weighted by Crippen LogP contribution is 2.29. The van der Waals surface area contributed by atoms with Crippen molar-refractivity contribution >= 4 is 16.3 Å². The molecule has 2 nitrogen and oxygen atoms in total. The van der Waals surface area contributed by atoms with E-state index in [9.17, 15) is 0 Å². The number of imidazole rings is 1. The second-order valence-corrected chi connectivity index (χ2v) is 6.14. The van der Waals surface area contributed by atoms with Gasteiger partial charge in [0.15, 0.2) is 4.96 Å². The lowest BCUT2D eigenvalue weighted by Gasteiger charge is -2.09. The summed E-state index contributed by atoms with van der Waals surface area (Å²) in [6, 6.07) is 10.1. The molecule has 0 saturated carbocycles. The molecule has 2 aromatic heterocycles.